The summed E-state index contributed by atoms with van der Waals surface area (Å²) >= 11 is 0. The largest absolute Gasteiger partial charge is 0.392 e. The molecule has 2 N–H and O–H groups in total. The van der Waals surface area contributed by atoms with E-state index in [9.17, 15) is 9.90 Å². The fourth-order valence-electron chi connectivity index (χ4n) is 2.86. The summed E-state index contributed by atoms with van der Waals surface area (Å²) in [6.45, 7) is 1.81. The van der Waals surface area contributed by atoms with Crippen LogP contribution in [0.5, 0.6) is 0 Å². The van der Waals surface area contributed by atoms with Gasteiger partial charge in [0.1, 0.15) is 0 Å². The first-order valence-corrected chi connectivity index (χ1v) is 6.23. The lowest BCUT2D eigenvalue weighted by Gasteiger charge is -2.55. The van der Waals surface area contributed by atoms with Gasteiger partial charge in [-0.3, -0.25) is 4.79 Å². The van der Waals surface area contributed by atoms with Crippen molar-refractivity contribution in [3.63, 3.8) is 0 Å². The second-order valence-corrected chi connectivity index (χ2v) is 4.96. The highest BCUT2D eigenvalue weighted by atomic mass is 16.5. The van der Waals surface area contributed by atoms with E-state index in [2.05, 4.69) is 5.32 Å². The summed E-state index contributed by atoms with van der Waals surface area (Å²) < 4.78 is 10.2. The van der Waals surface area contributed by atoms with Crippen LogP contribution in [0.4, 0.5) is 0 Å². The average molecular weight is 243 g/mol. The van der Waals surface area contributed by atoms with Crippen LogP contribution in [0, 0.1) is 5.41 Å². The molecule has 98 valence electrons. The van der Waals surface area contributed by atoms with E-state index in [1.54, 1.807) is 7.11 Å². The summed E-state index contributed by atoms with van der Waals surface area (Å²) in [5.41, 5.74) is -0.138. The van der Waals surface area contributed by atoms with Gasteiger partial charge in [-0.2, -0.15) is 0 Å². The van der Waals surface area contributed by atoms with Gasteiger partial charge in [0.25, 0.3) is 0 Å². The number of nitrogens with one attached hydrogen (secondary N) is 1. The molecule has 0 radical (unpaired) electrons. The number of ether oxygens (including phenoxy) is 2. The molecule has 5 nitrogen and oxygen atoms in total. The Morgan fingerprint density at radius 2 is 2.24 bits per heavy atom. The van der Waals surface area contributed by atoms with E-state index >= 15 is 0 Å². The molecule has 17 heavy (non-hydrogen) atoms. The maximum absolute atomic E-state index is 11.6. The quantitative estimate of drug-likeness (QED) is 0.733. The predicted molar refractivity (Wildman–Crippen MR) is 61.5 cm³/mol. The van der Waals surface area contributed by atoms with Crippen LogP contribution in [0.15, 0.2) is 0 Å². The van der Waals surface area contributed by atoms with E-state index in [1.165, 1.54) is 0 Å². The van der Waals surface area contributed by atoms with Crippen molar-refractivity contribution >= 4 is 5.91 Å². The second-order valence-electron chi connectivity index (χ2n) is 4.96. The standard InChI is InChI=1S/C12H21NO4/c1-16-5-2-11(15)13-9-8-10(14)12(9)3-6-17-7-4-12/h9-10,14H,2-8H2,1H3,(H,13,15)/t9-,10-/m0/s1. The van der Waals surface area contributed by atoms with Gasteiger partial charge in [-0.15, -0.1) is 0 Å². The average Bonchev–Trinajstić information content (AvgIpc) is 2.37. The van der Waals surface area contributed by atoms with Gasteiger partial charge < -0.3 is 19.9 Å². The first-order chi connectivity index (χ1) is 8.19. The second kappa shape index (κ2) is 5.33. The van der Waals surface area contributed by atoms with E-state index in [0.29, 0.717) is 32.7 Å². The Balaban J connectivity index is 1.86. The lowest BCUT2D eigenvalue weighted by atomic mass is 9.58. The van der Waals surface area contributed by atoms with Crippen LogP contribution in [-0.2, 0) is 14.3 Å². The van der Waals surface area contributed by atoms with Crippen molar-refractivity contribution in [3.05, 3.63) is 0 Å². The number of methoxy groups -OCH3 is 1. The molecular formula is C12H21NO4. The van der Waals surface area contributed by atoms with Gasteiger partial charge in [0, 0.05) is 38.2 Å². The number of rotatable bonds is 4. The SMILES string of the molecule is COCCC(=O)N[C@H]1C[C@H](O)C12CCOCC2. The number of hydrogen-bond donors (Lipinski definition) is 2. The maximum atomic E-state index is 11.6. The Labute approximate surface area is 101 Å². The molecule has 1 heterocycles. The molecule has 1 saturated heterocycles. The van der Waals surface area contributed by atoms with E-state index in [-0.39, 0.29) is 23.5 Å². The molecule has 2 aliphatic rings. The number of aliphatic hydroxyl groups excluding tert-OH is 1. The first kappa shape index (κ1) is 12.8. The van der Waals surface area contributed by atoms with Crippen LogP contribution in [0.25, 0.3) is 0 Å². The van der Waals surface area contributed by atoms with Crippen LogP contribution in [-0.4, -0.2) is 50.1 Å². The minimum absolute atomic E-state index is 0.00890. The summed E-state index contributed by atoms with van der Waals surface area (Å²) in [6.07, 6.45) is 2.43. The van der Waals surface area contributed by atoms with Gasteiger partial charge in [-0.25, -0.2) is 0 Å². The molecule has 0 aromatic rings. The fourth-order valence-corrected chi connectivity index (χ4v) is 2.86. The number of carbonyl (C=O) groups excluding carboxylic acids is 1. The van der Waals surface area contributed by atoms with Gasteiger partial charge in [-0.1, -0.05) is 0 Å². The van der Waals surface area contributed by atoms with Crippen molar-refractivity contribution in [3.8, 4) is 0 Å². The van der Waals surface area contributed by atoms with E-state index < -0.39 is 0 Å². The van der Waals surface area contributed by atoms with Gasteiger partial charge >= 0.3 is 0 Å². The van der Waals surface area contributed by atoms with Gasteiger partial charge in [0.05, 0.1) is 12.7 Å². The van der Waals surface area contributed by atoms with Crippen molar-refractivity contribution < 1.29 is 19.4 Å². The molecular weight excluding hydrogens is 222 g/mol. The Bertz CT molecular complexity index is 276. The number of aliphatic hydroxyl groups is 1. The maximum Gasteiger partial charge on any atom is 0.222 e. The highest BCUT2D eigenvalue weighted by molar-refractivity contribution is 5.76. The zero-order chi connectivity index (χ0) is 12.3. The number of amides is 1. The molecule has 0 aromatic carbocycles. The summed E-state index contributed by atoms with van der Waals surface area (Å²) in [4.78, 5) is 11.6. The normalized spacial score (nSPS) is 30.9. The first-order valence-electron chi connectivity index (χ1n) is 6.23. The minimum Gasteiger partial charge on any atom is -0.392 e. The molecule has 2 atom stereocenters. The third kappa shape index (κ3) is 2.46. The molecule has 0 unspecified atom stereocenters. The number of hydrogen-bond acceptors (Lipinski definition) is 4. The van der Waals surface area contributed by atoms with Crippen LogP contribution >= 0.6 is 0 Å². The minimum atomic E-state index is -0.292. The summed E-state index contributed by atoms with van der Waals surface area (Å²) in [6, 6.07) is 0.103. The molecule has 0 bridgehead atoms. The van der Waals surface area contributed by atoms with Crippen LogP contribution in [0.3, 0.4) is 0 Å². The summed E-state index contributed by atoms with van der Waals surface area (Å²) in [5, 5.41) is 13.0. The van der Waals surface area contributed by atoms with Gasteiger partial charge in [0.2, 0.25) is 5.91 Å². The summed E-state index contributed by atoms with van der Waals surface area (Å²) in [7, 11) is 1.58. The zero-order valence-electron chi connectivity index (χ0n) is 10.3. The molecule has 1 amide bonds. The van der Waals surface area contributed by atoms with Crippen molar-refractivity contribution in [1.29, 1.82) is 0 Å². The van der Waals surface area contributed by atoms with Crippen molar-refractivity contribution in [2.24, 2.45) is 5.41 Å². The topological polar surface area (TPSA) is 67.8 Å². The van der Waals surface area contributed by atoms with Crippen molar-refractivity contribution in [2.75, 3.05) is 26.9 Å². The van der Waals surface area contributed by atoms with Crippen molar-refractivity contribution in [2.45, 2.75) is 37.8 Å². The smallest absolute Gasteiger partial charge is 0.222 e. The Hall–Kier alpha value is -0.650. The lowest BCUT2D eigenvalue weighted by molar-refractivity contribution is -0.156. The number of carbonyl (C=O) groups is 1. The Morgan fingerprint density at radius 3 is 2.82 bits per heavy atom. The highest BCUT2D eigenvalue weighted by Crippen LogP contribution is 2.48. The van der Waals surface area contributed by atoms with Crippen LogP contribution < -0.4 is 5.32 Å². The predicted octanol–water partition coefficient (Wildman–Crippen LogP) is 0.0691. The van der Waals surface area contributed by atoms with Gasteiger partial charge in [0.15, 0.2) is 0 Å². The monoisotopic (exact) mass is 243 g/mol. The van der Waals surface area contributed by atoms with E-state index in [4.69, 9.17) is 9.47 Å². The summed E-state index contributed by atoms with van der Waals surface area (Å²) in [5.74, 6) is 0.00890. The highest BCUT2D eigenvalue weighted by Gasteiger charge is 2.55. The van der Waals surface area contributed by atoms with E-state index in [1.807, 2.05) is 0 Å². The molecule has 1 aliphatic carbocycles. The molecule has 0 aromatic heterocycles. The van der Waals surface area contributed by atoms with Crippen LogP contribution in [0.1, 0.15) is 25.7 Å². The van der Waals surface area contributed by atoms with Gasteiger partial charge in [-0.05, 0) is 19.3 Å². The fraction of sp³-hybridized carbons (Fsp3) is 0.917. The van der Waals surface area contributed by atoms with Crippen LogP contribution in [0.2, 0.25) is 0 Å². The Morgan fingerprint density at radius 1 is 1.53 bits per heavy atom. The lowest BCUT2D eigenvalue weighted by Crippen LogP contribution is -2.65. The zero-order valence-corrected chi connectivity index (χ0v) is 10.3. The third-order valence-electron chi connectivity index (χ3n) is 4.11. The molecule has 2 rings (SSSR count). The molecule has 1 saturated carbocycles. The molecule has 1 spiro atoms. The molecule has 2 fully saturated rings. The molecule has 5 heteroatoms. The third-order valence-corrected chi connectivity index (χ3v) is 4.11. The van der Waals surface area contributed by atoms with Crippen molar-refractivity contribution in [1.82, 2.24) is 5.32 Å². The molecule has 1 aliphatic heterocycles. The Kier molecular flexibility index (Phi) is 4.01. The van der Waals surface area contributed by atoms with E-state index in [0.717, 1.165) is 12.8 Å².